The summed E-state index contributed by atoms with van der Waals surface area (Å²) in [6.45, 7) is 11.9. The number of aromatic nitrogens is 5. The summed E-state index contributed by atoms with van der Waals surface area (Å²) in [7, 11) is 2.16. The largest absolute Gasteiger partial charge is 0.300 e. The van der Waals surface area contributed by atoms with Crippen molar-refractivity contribution in [1.82, 2.24) is 29.7 Å². The Hall–Kier alpha value is -2.99. The van der Waals surface area contributed by atoms with E-state index >= 15 is 0 Å². The molecule has 0 aliphatic heterocycles. The van der Waals surface area contributed by atoms with E-state index in [1.165, 1.54) is 11.1 Å². The number of fused-ring (bicyclic) bond motifs is 1. The Bertz CT molecular complexity index is 1150. The summed E-state index contributed by atoms with van der Waals surface area (Å²) in [6, 6.07) is 11.4. The molecule has 156 valence electrons. The van der Waals surface area contributed by atoms with Gasteiger partial charge in [-0.1, -0.05) is 45.0 Å². The summed E-state index contributed by atoms with van der Waals surface area (Å²) in [5, 5.41) is 12.3. The van der Waals surface area contributed by atoms with E-state index in [1.807, 2.05) is 10.7 Å². The van der Waals surface area contributed by atoms with Crippen molar-refractivity contribution in [3.05, 3.63) is 59.5 Å². The molecule has 4 rings (SSSR count). The van der Waals surface area contributed by atoms with Crippen molar-refractivity contribution in [3.8, 4) is 22.5 Å². The molecule has 30 heavy (non-hydrogen) atoms. The number of hydrogen-bond acceptors (Lipinski definition) is 4. The number of benzene rings is 1. The number of aromatic amines is 1. The highest BCUT2D eigenvalue weighted by molar-refractivity contribution is 5.75. The fourth-order valence-electron chi connectivity index (χ4n) is 4.03. The van der Waals surface area contributed by atoms with Crippen LogP contribution in [0, 0.1) is 6.92 Å². The van der Waals surface area contributed by atoms with Gasteiger partial charge in [0.2, 0.25) is 0 Å². The summed E-state index contributed by atoms with van der Waals surface area (Å²) in [4.78, 5) is 6.66. The third-order valence-corrected chi connectivity index (χ3v) is 6.06. The minimum absolute atomic E-state index is 0.324. The number of H-pyrrole nitrogens is 1. The molecular formula is C24H30N6. The molecule has 0 aliphatic rings. The lowest BCUT2D eigenvalue weighted by atomic mass is 9.93. The lowest BCUT2D eigenvalue weighted by Gasteiger charge is -2.23. The minimum Gasteiger partial charge on any atom is -0.300 e. The van der Waals surface area contributed by atoms with Gasteiger partial charge in [0.25, 0.3) is 0 Å². The maximum Gasteiger partial charge on any atom is 0.158 e. The quantitative estimate of drug-likeness (QED) is 0.480. The molecule has 0 saturated heterocycles. The molecule has 1 atom stereocenters. The standard InChI is InChI=1S/C24H30N6/c1-7-29(6)17(5)18-8-10-19(11-9-18)22-21(15(2)3)23(28-27-22)20-12-16(4)24-25-14-26-30(24)13-20/h8-15,17H,7H2,1-6H3,(H,27,28). The zero-order valence-electron chi connectivity index (χ0n) is 18.6. The van der Waals surface area contributed by atoms with Gasteiger partial charge in [-0.15, -0.1) is 0 Å². The van der Waals surface area contributed by atoms with E-state index in [2.05, 4.69) is 92.1 Å². The van der Waals surface area contributed by atoms with Gasteiger partial charge >= 0.3 is 0 Å². The molecule has 1 N–H and O–H groups in total. The smallest absolute Gasteiger partial charge is 0.158 e. The molecular weight excluding hydrogens is 372 g/mol. The topological polar surface area (TPSA) is 62.1 Å². The van der Waals surface area contributed by atoms with Gasteiger partial charge in [-0.05, 0) is 56.1 Å². The van der Waals surface area contributed by atoms with Gasteiger partial charge in [0, 0.05) is 23.4 Å². The van der Waals surface area contributed by atoms with E-state index in [0.29, 0.717) is 12.0 Å². The van der Waals surface area contributed by atoms with Crippen LogP contribution in [0.5, 0.6) is 0 Å². The maximum absolute atomic E-state index is 4.72. The highest BCUT2D eigenvalue weighted by atomic mass is 15.3. The molecule has 0 radical (unpaired) electrons. The van der Waals surface area contributed by atoms with Gasteiger partial charge in [-0.3, -0.25) is 10.00 Å². The lowest BCUT2D eigenvalue weighted by molar-refractivity contribution is 0.276. The Kier molecular flexibility index (Phi) is 5.43. The van der Waals surface area contributed by atoms with Crippen LogP contribution < -0.4 is 0 Å². The Labute approximate surface area is 178 Å². The van der Waals surface area contributed by atoms with Crippen molar-refractivity contribution in [1.29, 1.82) is 0 Å². The van der Waals surface area contributed by atoms with E-state index in [4.69, 9.17) is 5.10 Å². The van der Waals surface area contributed by atoms with Crippen LogP contribution in [0.3, 0.4) is 0 Å². The molecule has 0 fully saturated rings. The predicted molar refractivity (Wildman–Crippen MR) is 122 cm³/mol. The van der Waals surface area contributed by atoms with Crippen molar-refractivity contribution >= 4 is 5.65 Å². The second-order valence-corrected chi connectivity index (χ2v) is 8.33. The van der Waals surface area contributed by atoms with E-state index in [0.717, 1.165) is 40.3 Å². The molecule has 6 heteroatoms. The molecule has 0 saturated carbocycles. The van der Waals surface area contributed by atoms with Crippen LogP contribution in [0.2, 0.25) is 0 Å². The van der Waals surface area contributed by atoms with Gasteiger partial charge in [0.05, 0.1) is 11.4 Å². The zero-order valence-corrected chi connectivity index (χ0v) is 18.6. The van der Waals surface area contributed by atoms with E-state index in [1.54, 1.807) is 6.33 Å². The average molecular weight is 403 g/mol. The molecule has 0 amide bonds. The van der Waals surface area contributed by atoms with Crippen LogP contribution in [-0.2, 0) is 0 Å². The summed E-state index contributed by atoms with van der Waals surface area (Å²) < 4.78 is 1.82. The van der Waals surface area contributed by atoms with E-state index in [9.17, 15) is 0 Å². The van der Waals surface area contributed by atoms with Gasteiger partial charge in [0.15, 0.2) is 5.65 Å². The lowest BCUT2D eigenvalue weighted by Crippen LogP contribution is -2.21. The fraction of sp³-hybridized carbons (Fsp3) is 0.375. The van der Waals surface area contributed by atoms with Crippen molar-refractivity contribution in [2.75, 3.05) is 13.6 Å². The molecule has 0 spiro atoms. The van der Waals surface area contributed by atoms with Gasteiger partial charge in [-0.2, -0.15) is 10.2 Å². The zero-order chi connectivity index (χ0) is 21.4. The Morgan fingerprint density at radius 1 is 1.10 bits per heavy atom. The third kappa shape index (κ3) is 3.52. The minimum atomic E-state index is 0.324. The van der Waals surface area contributed by atoms with Crippen LogP contribution in [0.15, 0.2) is 42.9 Å². The number of pyridine rings is 1. The molecule has 4 aromatic rings. The van der Waals surface area contributed by atoms with Crippen LogP contribution in [0.1, 0.15) is 56.3 Å². The molecule has 3 aromatic heterocycles. The maximum atomic E-state index is 4.72. The number of nitrogens with zero attached hydrogens (tertiary/aromatic N) is 5. The predicted octanol–water partition coefficient (Wildman–Crippen LogP) is 5.23. The highest BCUT2D eigenvalue weighted by Crippen LogP contribution is 2.36. The summed E-state index contributed by atoms with van der Waals surface area (Å²) in [5.41, 5.74) is 8.77. The normalized spacial score (nSPS) is 12.9. The van der Waals surface area contributed by atoms with Crippen molar-refractivity contribution < 1.29 is 0 Å². The Morgan fingerprint density at radius 3 is 2.50 bits per heavy atom. The number of hydrogen-bond donors (Lipinski definition) is 1. The molecule has 1 unspecified atom stereocenters. The number of aryl methyl sites for hydroxylation is 1. The van der Waals surface area contributed by atoms with Gasteiger partial charge < -0.3 is 0 Å². The Morgan fingerprint density at radius 2 is 1.83 bits per heavy atom. The van der Waals surface area contributed by atoms with Gasteiger partial charge in [0.1, 0.15) is 6.33 Å². The molecule has 3 heterocycles. The molecule has 6 nitrogen and oxygen atoms in total. The van der Waals surface area contributed by atoms with Crippen molar-refractivity contribution in [2.45, 2.75) is 46.6 Å². The average Bonchev–Trinajstić information content (AvgIpc) is 3.40. The molecule has 0 aliphatic carbocycles. The summed E-state index contributed by atoms with van der Waals surface area (Å²) in [5.74, 6) is 0.324. The van der Waals surface area contributed by atoms with E-state index < -0.39 is 0 Å². The fourth-order valence-corrected chi connectivity index (χ4v) is 4.03. The molecule has 0 bridgehead atoms. The highest BCUT2D eigenvalue weighted by Gasteiger charge is 2.20. The number of rotatable bonds is 6. The van der Waals surface area contributed by atoms with Crippen LogP contribution in [0.25, 0.3) is 28.2 Å². The van der Waals surface area contributed by atoms with Gasteiger partial charge in [-0.25, -0.2) is 9.50 Å². The monoisotopic (exact) mass is 402 g/mol. The first-order valence-electron chi connectivity index (χ1n) is 10.6. The first-order valence-corrected chi connectivity index (χ1v) is 10.6. The van der Waals surface area contributed by atoms with Crippen molar-refractivity contribution in [3.63, 3.8) is 0 Å². The second-order valence-electron chi connectivity index (χ2n) is 8.33. The van der Waals surface area contributed by atoms with Crippen molar-refractivity contribution in [2.24, 2.45) is 0 Å². The first-order chi connectivity index (χ1) is 14.4. The first kappa shape index (κ1) is 20.3. The summed E-state index contributed by atoms with van der Waals surface area (Å²) >= 11 is 0. The molecule has 1 aromatic carbocycles. The number of nitrogens with one attached hydrogen (secondary N) is 1. The second kappa shape index (κ2) is 8.03. The van der Waals surface area contributed by atoms with Crippen LogP contribution in [0.4, 0.5) is 0 Å². The Balaban J connectivity index is 1.76. The summed E-state index contributed by atoms with van der Waals surface area (Å²) in [6.07, 6.45) is 3.59. The SMILES string of the molecule is CCN(C)C(C)c1ccc(-c2[nH]nc(-c3cc(C)c4ncnn4c3)c2C(C)C)cc1. The third-order valence-electron chi connectivity index (χ3n) is 6.06. The van der Waals surface area contributed by atoms with Crippen LogP contribution >= 0.6 is 0 Å². The van der Waals surface area contributed by atoms with Crippen LogP contribution in [-0.4, -0.2) is 43.3 Å². The van der Waals surface area contributed by atoms with E-state index in [-0.39, 0.29) is 0 Å².